The van der Waals surface area contributed by atoms with E-state index in [-0.39, 0.29) is 0 Å². The van der Waals surface area contributed by atoms with Gasteiger partial charge in [0.1, 0.15) is 0 Å². The fraction of sp³-hybridized carbons (Fsp3) is 0.455. The summed E-state index contributed by atoms with van der Waals surface area (Å²) in [5.41, 5.74) is 1.16. The number of methoxy groups -OCH3 is 2. The number of rotatable bonds is 4. The highest BCUT2D eigenvalue weighted by molar-refractivity contribution is 5.46. The SMILES string of the molecule is CCCc1c[c]cc(OC)c1OC. The van der Waals surface area contributed by atoms with Crippen molar-refractivity contribution in [3.8, 4) is 11.5 Å². The van der Waals surface area contributed by atoms with Crippen LogP contribution >= 0.6 is 0 Å². The summed E-state index contributed by atoms with van der Waals surface area (Å²) in [5, 5.41) is 0. The van der Waals surface area contributed by atoms with Crippen molar-refractivity contribution < 1.29 is 9.47 Å². The van der Waals surface area contributed by atoms with Gasteiger partial charge in [-0.05, 0) is 30.2 Å². The lowest BCUT2D eigenvalue weighted by Crippen LogP contribution is -1.95. The smallest absolute Gasteiger partial charge is 0.163 e. The lowest BCUT2D eigenvalue weighted by atomic mass is 10.1. The van der Waals surface area contributed by atoms with Crippen LogP contribution in [0, 0.1) is 6.07 Å². The van der Waals surface area contributed by atoms with E-state index in [2.05, 4.69) is 13.0 Å². The minimum atomic E-state index is 0.758. The molecule has 0 heterocycles. The number of hydrogen-bond donors (Lipinski definition) is 0. The first-order valence-corrected chi connectivity index (χ1v) is 4.44. The summed E-state index contributed by atoms with van der Waals surface area (Å²) < 4.78 is 10.4. The van der Waals surface area contributed by atoms with E-state index in [1.54, 1.807) is 20.3 Å². The van der Waals surface area contributed by atoms with Crippen LogP contribution in [0.1, 0.15) is 18.9 Å². The van der Waals surface area contributed by atoms with Crippen LogP contribution in [0.4, 0.5) is 0 Å². The molecule has 0 aromatic heterocycles. The van der Waals surface area contributed by atoms with Crippen LogP contribution in [0.25, 0.3) is 0 Å². The molecule has 0 fully saturated rings. The molecule has 0 aliphatic carbocycles. The maximum absolute atomic E-state index is 5.27. The Balaban J connectivity index is 3.03. The molecule has 0 aliphatic rings. The molecule has 2 nitrogen and oxygen atoms in total. The van der Waals surface area contributed by atoms with E-state index in [0.29, 0.717) is 0 Å². The van der Waals surface area contributed by atoms with Crippen molar-refractivity contribution in [1.82, 2.24) is 0 Å². The summed E-state index contributed by atoms with van der Waals surface area (Å²) in [5.74, 6) is 1.59. The van der Waals surface area contributed by atoms with Crippen LogP contribution in [0.5, 0.6) is 11.5 Å². The molecular formula is C11H15O2. The average Bonchev–Trinajstić information content (AvgIpc) is 2.18. The van der Waals surface area contributed by atoms with Gasteiger partial charge in [0, 0.05) is 0 Å². The van der Waals surface area contributed by atoms with E-state index >= 15 is 0 Å². The molecule has 13 heavy (non-hydrogen) atoms. The molecule has 0 atom stereocenters. The topological polar surface area (TPSA) is 18.5 Å². The van der Waals surface area contributed by atoms with Gasteiger partial charge in [0.15, 0.2) is 11.5 Å². The summed E-state index contributed by atoms with van der Waals surface area (Å²) in [4.78, 5) is 0. The summed E-state index contributed by atoms with van der Waals surface area (Å²) in [6.45, 7) is 2.14. The molecule has 71 valence electrons. The monoisotopic (exact) mass is 179 g/mol. The Bertz CT molecular complexity index is 269. The minimum absolute atomic E-state index is 0.758. The van der Waals surface area contributed by atoms with E-state index in [1.165, 1.54) is 0 Å². The van der Waals surface area contributed by atoms with Gasteiger partial charge >= 0.3 is 0 Å². The van der Waals surface area contributed by atoms with Crippen LogP contribution in [0.2, 0.25) is 0 Å². The predicted molar refractivity (Wildman–Crippen MR) is 52.4 cm³/mol. The molecule has 2 heteroatoms. The zero-order valence-corrected chi connectivity index (χ0v) is 8.39. The highest BCUT2D eigenvalue weighted by atomic mass is 16.5. The minimum Gasteiger partial charge on any atom is -0.493 e. The van der Waals surface area contributed by atoms with Gasteiger partial charge in [0.25, 0.3) is 0 Å². The van der Waals surface area contributed by atoms with Crippen LogP contribution in [-0.4, -0.2) is 14.2 Å². The van der Waals surface area contributed by atoms with Gasteiger partial charge in [-0.2, -0.15) is 0 Å². The Hall–Kier alpha value is -1.18. The zero-order valence-electron chi connectivity index (χ0n) is 8.39. The predicted octanol–water partition coefficient (Wildman–Crippen LogP) is 2.46. The molecule has 0 saturated carbocycles. The first kappa shape index (κ1) is 9.90. The van der Waals surface area contributed by atoms with Gasteiger partial charge in [-0.15, -0.1) is 0 Å². The Morgan fingerprint density at radius 2 is 2.00 bits per heavy atom. The molecule has 1 aromatic carbocycles. The summed E-state index contributed by atoms with van der Waals surface area (Å²) in [6, 6.07) is 6.77. The highest BCUT2D eigenvalue weighted by Gasteiger charge is 2.07. The van der Waals surface area contributed by atoms with E-state index in [0.717, 1.165) is 29.9 Å². The lowest BCUT2D eigenvalue weighted by molar-refractivity contribution is 0.351. The summed E-state index contributed by atoms with van der Waals surface area (Å²) in [6.07, 6.45) is 2.09. The summed E-state index contributed by atoms with van der Waals surface area (Å²) >= 11 is 0. The molecule has 0 aliphatic heterocycles. The molecule has 0 unspecified atom stereocenters. The van der Waals surface area contributed by atoms with Crippen LogP contribution in [0.3, 0.4) is 0 Å². The maximum atomic E-state index is 5.27. The molecule has 0 amide bonds. The number of benzene rings is 1. The Morgan fingerprint density at radius 3 is 2.54 bits per heavy atom. The second-order valence-electron chi connectivity index (χ2n) is 2.83. The molecule has 1 aromatic rings. The van der Waals surface area contributed by atoms with Crippen molar-refractivity contribution in [2.45, 2.75) is 19.8 Å². The molecule has 1 rings (SSSR count). The highest BCUT2D eigenvalue weighted by Crippen LogP contribution is 2.30. The normalized spacial score (nSPS) is 9.77. The van der Waals surface area contributed by atoms with Gasteiger partial charge in [-0.25, -0.2) is 0 Å². The largest absolute Gasteiger partial charge is 0.493 e. The van der Waals surface area contributed by atoms with E-state index < -0.39 is 0 Å². The van der Waals surface area contributed by atoms with E-state index in [9.17, 15) is 0 Å². The first-order valence-electron chi connectivity index (χ1n) is 4.44. The fourth-order valence-corrected chi connectivity index (χ4v) is 1.35. The Labute approximate surface area is 79.5 Å². The quantitative estimate of drug-likeness (QED) is 0.706. The fourth-order valence-electron chi connectivity index (χ4n) is 1.35. The third-order valence-corrected chi connectivity index (χ3v) is 1.93. The molecular weight excluding hydrogens is 164 g/mol. The Morgan fingerprint density at radius 1 is 1.23 bits per heavy atom. The van der Waals surface area contributed by atoms with Crippen molar-refractivity contribution in [2.75, 3.05) is 14.2 Å². The molecule has 0 bridgehead atoms. The van der Waals surface area contributed by atoms with Gasteiger partial charge in [-0.3, -0.25) is 0 Å². The van der Waals surface area contributed by atoms with Gasteiger partial charge < -0.3 is 9.47 Å². The second-order valence-corrected chi connectivity index (χ2v) is 2.83. The molecule has 0 saturated heterocycles. The molecule has 1 radical (unpaired) electrons. The van der Waals surface area contributed by atoms with Gasteiger partial charge in [0.05, 0.1) is 14.2 Å². The van der Waals surface area contributed by atoms with Crippen molar-refractivity contribution in [3.63, 3.8) is 0 Å². The second kappa shape index (κ2) is 4.75. The summed E-state index contributed by atoms with van der Waals surface area (Å²) in [7, 11) is 3.30. The average molecular weight is 179 g/mol. The van der Waals surface area contributed by atoms with Gasteiger partial charge in [0.2, 0.25) is 0 Å². The van der Waals surface area contributed by atoms with E-state index in [4.69, 9.17) is 9.47 Å². The third-order valence-electron chi connectivity index (χ3n) is 1.93. The number of ether oxygens (including phenoxy) is 2. The maximum Gasteiger partial charge on any atom is 0.163 e. The van der Waals surface area contributed by atoms with Crippen molar-refractivity contribution in [2.24, 2.45) is 0 Å². The van der Waals surface area contributed by atoms with Crippen LogP contribution in [-0.2, 0) is 6.42 Å². The number of hydrogen-bond acceptors (Lipinski definition) is 2. The lowest BCUT2D eigenvalue weighted by Gasteiger charge is -2.11. The van der Waals surface area contributed by atoms with Crippen LogP contribution in [0.15, 0.2) is 12.1 Å². The number of aryl methyl sites for hydroxylation is 1. The van der Waals surface area contributed by atoms with Gasteiger partial charge in [-0.1, -0.05) is 13.3 Å². The molecule has 0 spiro atoms. The third kappa shape index (κ3) is 2.14. The van der Waals surface area contributed by atoms with Crippen LogP contribution < -0.4 is 9.47 Å². The van der Waals surface area contributed by atoms with Crippen molar-refractivity contribution >= 4 is 0 Å². The Kier molecular flexibility index (Phi) is 3.62. The first-order chi connectivity index (χ1) is 6.33. The standard InChI is InChI=1S/C11H15O2/c1-4-6-9-7-5-8-10(12-2)11(9)13-3/h7-8H,4,6H2,1-3H3. The van der Waals surface area contributed by atoms with E-state index in [1.807, 2.05) is 6.07 Å². The molecule has 0 N–H and O–H groups in total. The van der Waals surface area contributed by atoms with Crippen molar-refractivity contribution in [1.29, 1.82) is 0 Å². The van der Waals surface area contributed by atoms with Crippen molar-refractivity contribution in [3.05, 3.63) is 23.8 Å². The zero-order chi connectivity index (χ0) is 9.68.